The summed E-state index contributed by atoms with van der Waals surface area (Å²) in [7, 11) is 0. The minimum absolute atomic E-state index is 0.951. The summed E-state index contributed by atoms with van der Waals surface area (Å²) < 4.78 is 0. The van der Waals surface area contributed by atoms with Gasteiger partial charge in [-0.2, -0.15) is 0 Å². The number of unbranched alkanes of at least 4 members (excludes halogenated alkanes) is 3. The Morgan fingerprint density at radius 1 is 0.500 bits per heavy atom. The SMILES string of the molecule is CCCCCC/C(=C\CN(Cc1ccccc1)Cc1ccccc1)CN(Cc1ccccc1)Cc1ccccc1. The summed E-state index contributed by atoms with van der Waals surface area (Å²) in [6.07, 6.45) is 8.88. The molecule has 0 unspecified atom stereocenters. The lowest BCUT2D eigenvalue weighted by molar-refractivity contribution is 0.269. The van der Waals surface area contributed by atoms with Gasteiger partial charge < -0.3 is 0 Å². The third-order valence-electron chi connectivity index (χ3n) is 7.41. The second-order valence-electron chi connectivity index (χ2n) is 10.9. The fourth-order valence-corrected chi connectivity index (χ4v) is 5.29. The molecule has 40 heavy (non-hydrogen) atoms. The Balaban J connectivity index is 1.53. The van der Waals surface area contributed by atoms with E-state index in [1.54, 1.807) is 5.57 Å². The van der Waals surface area contributed by atoms with Crippen molar-refractivity contribution in [2.45, 2.75) is 65.2 Å². The fourth-order valence-electron chi connectivity index (χ4n) is 5.29. The molecule has 2 nitrogen and oxygen atoms in total. The van der Waals surface area contributed by atoms with E-state index in [4.69, 9.17) is 0 Å². The van der Waals surface area contributed by atoms with E-state index in [0.29, 0.717) is 0 Å². The van der Waals surface area contributed by atoms with Crippen LogP contribution < -0.4 is 0 Å². The van der Waals surface area contributed by atoms with Crippen molar-refractivity contribution in [3.63, 3.8) is 0 Å². The van der Waals surface area contributed by atoms with Crippen LogP contribution >= 0.6 is 0 Å². The quantitative estimate of drug-likeness (QED) is 0.0991. The van der Waals surface area contributed by atoms with Crippen LogP contribution in [0.3, 0.4) is 0 Å². The van der Waals surface area contributed by atoms with Crippen LogP contribution in [0.15, 0.2) is 133 Å². The van der Waals surface area contributed by atoms with E-state index >= 15 is 0 Å². The van der Waals surface area contributed by atoms with Gasteiger partial charge in [-0.1, -0.05) is 159 Å². The summed E-state index contributed by atoms with van der Waals surface area (Å²) in [6, 6.07) is 43.6. The van der Waals surface area contributed by atoms with Crippen LogP contribution in [0, 0.1) is 0 Å². The van der Waals surface area contributed by atoms with Crippen LogP contribution in [-0.4, -0.2) is 22.9 Å². The molecular weight excluding hydrogens is 484 g/mol. The Kier molecular flexibility index (Phi) is 12.8. The zero-order valence-electron chi connectivity index (χ0n) is 24.3. The highest BCUT2D eigenvalue weighted by Crippen LogP contribution is 2.18. The Labute approximate surface area is 243 Å². The standard InChI is InChI=1S/C38H46N2/c1-2-3-4-9-26-38(33-40(31-36-22-14-7-15-23-36)32-37-24-16-8-17-25-37)27-28-39(29-34-18-10-5-11-19-34)30-35-20-12-6-13-21-35/h5-8,10-25,27H,2-4,9,26,28-33H2,1H3/b38-27+. The Morgan fingerprint density at radius 2 is 0.900 bits per heavy atom. The van der Waals surface area contributed by atoms with E-state index in [1.165, 1.54) is 54.4 Å². The van der Waals surface area contributed by atoms with Crippen molar-refractivity contribution in [2.75, 3.05) is 13.1 Å². The predicted octanol–water partition coefficient (Wildman–Crippen LogP) is 9.29. The number of nitrogens with zero attached hydrogens (tertiary/aromatic N) is 2. The van der Waals surface area contributed by atoms with Crippen molar-refractivity contribution in [3.05, 3.63) is 155 Å². The molecule has 208 valence electrons. The van der Waals surface area contributed by atoms with Crippen molar-refractivity contribution in [2.24, 2.45) is 0 Å². The van der Waals surface area contributed by atoms with Crippen molar-refractivity contribution in [1.82, 2.24) is 9.80 Å². The minimum Gasteiger partial charge on any atom is -0.291 e. The van der Waals surface area contributed by atoms with Crippen LogP contribution in [0.1, 0.15) is 61.3 Å². The van der Waals surface area contributed by atoms with Gasteiger partial charge in [0.15, 0.2) is 0 Å². The average Bonchev–Trinajstić information content (AvgIpc) is 3.00. The lowest BCUT2D eigenvalue weighted by atomic mass is 10.0. The van der Waals surface area contributed by atoms with Crippen LogP contribution in [0.25, 0.3) is 0 Å². The third kappa shape index (κ3) is 11.0. The van der Waals surface area contributed by atoms with Gasteiger partial charge in [0.05, 0.1) is 0 Å². The first-order chi connectivity index (χ1) is 19.8. The summed E-state index contributed by atoms with van der Waals surface area (Å²) in [5.74, 6) is 0. The van der Waals surface area contributed by atoms with Gasteiger partial charge in [-0.25, -0.2) is 0 Å². The van der Waals surface area contributed by atoms with E-state index in [1.807, 2.05) is 0 Å². The van der Waals surface area contributed by atoms with Gasteiger partial charge in [0.2, 0.25) is 0 Å². The lowest BCUT2D eigenvalue weighted by Crippen LogP contribution is -2.27. The number of rotatable bonds is 17. The summed E-state index contributed by atoms with van der Waals surface area (Å²) in [5, 5.41) is 0. The monoisotopic (exact) mass is 530 g/mol. The Morgan fingerprint density at radius 3 is 1.30 bits per heavy atom. The van der Waals surface area contributed by atoms with Crippen LogP contribution in [0.5, 0.6) is 0 Å². The average molecular weight is 531 g/mol. The molecule has 4 aromatic rings. The predicted molar refractivity (Wildman–Crippen MR) is 171 cm³/mol. The van der Waals surface area contributed by atoms with E-state index in [0.717, 1.165) is 39.3 Å². The lowest BCUT2D eigenvalue weighted by Gasteiger charge is -2.26. The molecule has 0 amide bonds. The molecule has 0 fully saturated rings. The molecule has 4 aromatic carbocycles. The molecule has 0 spiro atoms. The second kappa shape index (κ2) is 17.3. The highest BCUT2D eigenvalue weighted by Gasteiger charge is 2.12. The molecule has 4 rings (SSSR count). The molecule has 0 bridgehead atoms. The molecule has 0 atom stereocenters. The highest BCUT2D eigenvalue weighted by atomic mass is 15.1. The summed E-state index contributed by atoms with van der Waals surface area (Å²) in [6.45, 7) is 8.07. The summed E-state index contributed by atoms with van der Waals surface area (Å²) in [4.78, 5) is 5.20. The van der Waals surface area contributed by atoms with Gasteiger partial charge >= 0.3 is 0 Å². The van der Waals surface area contributed by atoms with Gasteiger partial charge in [0.25, 0.3) is 0 Å². The van der Waals surface area contributed by atoms with Gasteiger partial charge in [-0.05, 0) is 35.1 Å². The number of hydrogen-bond donors (Lipinski definition) is 0. The zero-order valence-corrected chi connectivity index (χ0v) is 24.3. The maximum atomic E-state index is 2.62. The molecule has 0 saturated heterocycles. The molecule has 0 heterocycles. The molecular formula is C38H46N2. The van der Waals surface area contributed by atoms with Crippen LogP contribution in [0.4, 0.5) is 0 Å². The van der Waals surface area contributed by atoms with E-state index in [2.05, 4.69) is 144 Å². The third-order valence-corrected chi connectivity index (χ3v) is 7.41. The minimum atomic E-state index is 0.951. The molecule has 0 aliphatic rings. The normalized spacial score (nSPS) is 11.8. The Hall–Kier alpha value is -3.46. The van der Waals surface area contributed by atoms with Crippen molar-refractivity contribution >= 4 is 0 Å². The maximum absolute atomic E-state index is 2.62. The fraction of sp³-hybridized carbons (Fsp3) is 0.316. The molecule has 0 saturated carbocycles. The maximum Gasteiger partial charge on any atom is 0.0240 e. The molecule has 0 aliphatic heterocycles. The van der Waals surface area contributed by atoms with Gasteiger partial charge in [0, 0.05) is 39.3 Å². The largest absolute Gasteiger partial charge is 0.291 e. The zero-order chi connectivity index (χ0) is 27.7. The smallest absolute Gasteiger partial charge is 0.0240 e. The van der Waals surface area contributed by atoms with Crippen LogP contribution in [-0.2, 0) is 26.2 Å². The topological polar surface area (TPSA) is 6.48 Å². The first-order valence-corrected chi connectivity index (χ1v) is 15.1. The number of benzene rings is 4. The summed E-state index contributed by atoms with van der Waals surface area (Å²) >= 11 is 0. The first kappa shape index (κ1) is 29.5. The molecule has 0 N–H and O–H groups in total. The highest BCUT2D eigenvalue weighted by molar-refractivity contribution is 5.20. The van der Waals surface area contributed by atoms with Gasteiger partial charge in [-0.15, -0.1) is 0 Å². The van der Waals surface area contributed by atoms with E-state index < -0.39 is 0 Å². The Bertz CT molecular complexity index is 1140. The second-order valence-corrected chi connectivity index (χ2v) is 10.9. The van der Waals surface area contributed by atoms with Crippen LogP contribution in [0.2, 0.25) is 0 Å². The molecule has 0 aromatic heterocycles. The molecule has 0 radical (unpaired) electrons. The van der Waals surface area contributed by atoms with Crippen molar-refractivity contribution in [3.8, 4) is 0 Å². The molecule has 2 heteroatoms. The van der Waals surface area contributed by atoms with Crippen molar-refractivity contribution < 1.29 is 0 Å². The first-order valence-electron chi connectivity index (χ1n) is 15.1. The summed E-state index contributed by atoms with van der Waals surface area (Å²) in [5.41, 5.74) is 7.04. The van der Waals surface area contributed by atoms with E-state index in [9.17, 15) is 0 Å². The van der Waals surface area contributed by atoms with Gasteiger partial charge in [0.1, 0.15) is 0 Å². The molecule has 0 aliphatic carbocycles. The van der Waals surface area contributed by atoms with Crippen molar-refractivity contribution in [1.29, 1.82) is 0 Å². The number of hydrogen-bond acceptors (Lipinski definition) is 2. The van der Waals surface area contributed by atoms with Gasteiger partial charge in [-0.3, -0.25) is 9.80 Å². The van der Waals surface area contributed by atoms with E-state index in [-0.39, 0.29) is 0 Å².